The first kappa shape index (κ1) is 15.4. The third kappa shape index (κ3) is 4.22. The van der Waals surface area contributed by atoms with Gasteiger partial charge in [-0.2, -0.15) is 5.26 Å². The average Bonchev–Trinajstić information content (AvgIpc) is 2.85. The van der Waals surface area contributed by atoms with E-state index in [1.165, 1.54) is 6.42 Å². The summed E-state index contributed by atoms with van der Waals surface area (Å²) in [5.41, 5.74) is 1.15. The maximum absolute atomic E-state index is 12.3. The lowest BCUT2D eigenvalue weighted by atomic mass is 9.70. The molecule has 21 heavy (non-hydrogen) atoms. The smallest absolute Gasteiger partial charge is 0.262 e. The summed E-state index contributed by atoms with van der Waals surface area (Å²) < 4.78 is 0. The number of aromatic amines is 1. The Morgan fingerprint density at radius 3 is 2.86 bits per heavy atom. The zero-order valence-electron chi connectivity index (χ0n) is 12.9. The van der Waals surface area contributed by atoms with Gasteiger partial charge < -0.3 is 10.3 Å². The number of hydrogen-bond acceptors (Lipinski definition) is 2. The van der Waals surface area contributed by atoms with Crippen molar-refractivity contribution in [2.75, 3.05) is 0 Å². The molecule has 1 heterocycles. The van der Waals surface area contributed by atoms with Crippen molar-refractivity contribution in [1.29, 1.82) is 5.26 Å². The van der Waals surface area contributed by atoms with E-state index in [9.17, 15) is 10.1 Å². The van der Waals surface area contributed by atoms with Gasteiger partial charge in [-0.3, -0.25) is 4.79 Å². The van der Waals surface area contributed by atoms with E-state index in [0.717, 1.165) is 18.5 Å². The first-order valence-corrected chi connectivity index (χ1v) is 7.46. The van der Waals surface area contributed by atoms with Crippen LogP contribution in [0.2, 0.25) is 0 Å². The number of H-pyrrole nitrogens is 1. The van der Waals surface area contributed by atoms with Crippen LogP contribution < -0.4 is 5.32 Å². The molecule has 1 fully saturated rings. The first-order valence-electron chi connectivity index (χ1n) is 7.46. The van der Waals surface area contributed by atoms with Gasteiger partial charge in [0.15, 0.2) is 0 Å². The Morgan fingerprint density at radius 1 is 1.52 bits per heavy atom. The van der Waals surface area contributed by atoms with E-state index in [4.69, 9.17) is 0 Å². The van der Waals surface area contributed by atoms with Gasteiger partial charge in [0.25, 0.3) is 5.91 Å². The first-order chi connectivity index (χ1) is 9.89. The van der Waals surface area contributed by atoms with Gasteiger partial charge in [0.1, 0.15) is 11.6 Å². The molecule has 4 heteroatoms. The van der Waals surface area contributed by atoms with Crippen LogP contribution in [0.1, 0.15) is 45.7 Å². The molecule has 2 atom stereocenters. The Hall–Kier alpha value is -2.02. The SMILES string of the molecule is CC1CC(NC(=O)/C(C#N)=C/c2ccc[nH]2)CC(C)(C)C1. The molecule has 0 saturated heterocycles. The van der Waals surface area contributed by atoms with Crippen molar-refractivity contribution in [3.63, 3.8) is 0 Å². The molecule has 1 saturated carbocycles. The summed E-state index contributed by atoms with van der Waals surface area (Å²) in [6, 6.07) is 5.81. The Morgan fingerprint density at radius 2 is 2.29 bits per heavy atom. The number of rotatable bonds is 3. The highest BCUT2D eigenvalue weighted by atomic mass is 16.1. The van der Waals surface area contributed by atoms with Crippen molar-refractivity contribution in [3.05, 3.63) is 29.6 Å². The number of carbonyl (C=O) groups excluding carboxylic acids is 1. The zero-order chi connectivity index (χ0) is 15.5. The van der Waals surface area contributed by atoms with Crippen LogP contribution in [0.3, 0.4) is 0 Å². The molecule has 4 nitrogen and oxygen atoms in total. The highest BCUT2D eigenvalue weighted by Gasteiger charge is 2.33. The van der Waals surface area contributed by atoms with Crippen LogP contribution in [0.15, 0.2) is 23.9 Å². The van der Waals surface area contributed by atoms with E-state index in [1.807, 2.05) is 18.2 Å². The fourth-order valence-electron chi connectivity index (χ4n) is 3.46. The van der Waals surface area contributed by atoms with Crippen molar-refractivity contribution >= 4 is 12.0 Å². The number of nitrogens with one attached hydrogen (secondary N) is 2. The van der Waals surface area contributed by atoms with Crippen molar-refractivity contribution < 1.29 is 4.79 Å². The molecule has 2 rings (SSSR count). The monoisotopic (exact) mass is 285 g/mol. The minimum Gasteiger partial charge on any atom is -0.362 e. The number of nitriles is 1. The predicted molar refractivity (Wildman–Crippen MR) is 83.1 cm³/mol. The van der Waals surface area contributed by atoms with Gasteiger partial charge >= 0.3 is 0 Å². The van der Waals surface area contributed by atoms with Gasteiger partial charge in [0, 0.05) is 17.9 Å². The minimum atomic E-state index is -0.276. The lowest BCUT2D eigenvalue weighted by Gasteiger charge is -2.39. The minimum absolute atomic E-state index is 0.147. The van der Waals surface area contributed by atoms with E-state index in [1.54, 1.807) is 12.3 Å². The number of nitrogens with zero attached hydrogens (tertiary/aromatic N) is 1. The summed E-state index contributed by atoms with van der Waals surface area (Å²) in [6.07, 6.45) is 6.49. The molecule has 0 spiro atoms. The van der Waals surface area contributed by atoms with E-state index in [2.05, 4.69) is 31.1 Å². The number of aromatic nitrogens is 1. The highest BCUT2D eigenvalue weighted by molar-refractivity contribution is 6.01. The third-order valence-electron chi connectivity index (χ3n) is 4.01. The Bertz CT molecular complexity index is 563. The van der Waals surface area contributed by atoms with Crippen LogP contribution in [0.4, 0.5) is 0 Å². The molecule has 2 N–H and O–H groups in total. The van der Waals surface area contributed by atoms with Crippen LogP contribution in [0, 0.1) is 22.7 Å². The average molecular weight is 285 g/mol. The van der Waals surface area contributed by atoms with Crippen molar-refractivity contribution in [1.82, 2.24) is 10.3 Å². The molecule has 0 aromatic carbocycles. The normalized spacial score (nSPS) is 25.1. The van der Waals surface area contributed by atoms with Gasteiger partial charge in [-0.05, 0) is 48.8 Å². The summed E-state index contributed by atoms with van der Waals surface area (Å²) in [7, 11) is 0. The quantitative estimate of drug-likeness (QED) is 0.661. The second kappa shape index (κ2) is 6.17. The second-order valence-electron chi connectivity index (χ2n) is 6.88. The molecule has 1 aliphatic rings. The number of amides is 1. The summed E-state index contributed by atoms with van der Waals surface area (Å²) in [5.74, 6) is 0.318. The van der Waals surface area contributed by atoms with Crippen LogP contribution in [0.25, 0.3) is 6.08 Å². The van der Waals surface area contributed by atoms with Crippen molar-refractivity contribution in [3.8, 4) is 6.07 Å². The Labute approximate surface area is 126 Å². The van der Waals surface area contributed by atoms with Gasteiger partial charge in [-0.25, -0.2) is 0 Å². The van der Waals surface area contributed by atoms with Crippen LogP contribution >= 0.6 is 0 Å². The van der Waals surface area contributed by atoms with Gasteiger partial charge in [-0.1, -0.05) is 20.8 Å². The molecule has 0 bridgehead atoms. The molecule has 2 unspecified atom stereocenters. The molecule has 0 aliphatic heterocycles. The molecular formula is C17H23N3O. The van der Waals surface area contributed by atoms with E-state index in [0.29, 0.717) is 5.92 Å². The van der Waals surface area contributed by atoms with E-state index < -0.39 is 0 Å². The summed E-state index contributed by atoms with van der Waals surface area (Å²) >= 11 is 0. The molecule has 1 aromatic heterocycles. The predicted octanol–water partition coefficient (Wildman–Crippen LogP) is 3.25. The van der Waals surface area contributed by atoms with Crippen LogP contribution in [0.5, 0.6) is 0 Å². The fourth-order valence-corrected chi connectivity index (χ4v) is 3.46. The van der Waals surface area contributed by atoms with Gasteiger partial charge in [-0.15, -0.1) is 0 Å². The highest BCUT2D eigenvalue weighted by Crippen LogP contribution is 2.38. The van der Waals surface area contributed by atoms with Crippen molar-refractivity contribution in [2.24, 2.45) is 11.3 Å². The molecule has 1 amide bonds. The molecular weight excluding hydrogens is 262 g/mol. The zero-order valence-corrected chi connectivity index (χ0v) is 12.9. The lowest BCUT2D eigenvalue weighted by molar-refractivity contribution is -0.118. The summed E-state index contributed by atoms with van der Waals surface area (Å²) in [6.45, 7) is 6.70. The Kier molecular flexibility index (Phi) is 4.52. The fraction of sp³-hybridized carbons (Fsp3) is 0.529. The van der Waals surface area contributed by atoms with Gasteiger partial charge in [0.05, 0.1) is 0 Å². The summed E-state index contributed by atoms with van der Waals surface area (Å²) in [5, 5.41) is 12.2. The molecule has 112 valence electrons. The van der Waals surface area contributed by atoms with Gasteiger partial charge in [0.2, 0.25) is 0 Å². The standard InChI is InChI=1S/C17H23N3O/c1-12-7-15(10-17(2,3)9-12)20-16(21)13(11-18)8-14-5-4-6-19-14/h4-6,8,12,15,19H,7,9-10H2,1-3H3,(H,20,21)/b13-8+. The largest absolute Gasteiger partial charge is 0.362 e. The maximum atomic E-state index is 12.3. The van der Waals surface area contributed by atoms with E-state index in [-0.39, 0.29) is 22.9 Å². The second-order valence-corrected chi connectivity index (χ2v) is 6.88. The number of hydrogen-bond donors (Lipinski definition) is 2. The topological polar surface area (TPSA) is 68.7 Å². The van der Waals surface area contributed by atoms with Crippen LogP contribution in [-0.4, -0.2) is 16.9 Å². The van der Waals surface area contributed by atoms with Crippen molar-refractivity contribution in [2.45, 2.75) is 46.1 Å². The maximum Gasteiger partial charge on any atom is 0.262 e. The van der Waals surface area contributed by atoms with E-state index >= 15 is 0 Å². The molecule has 1 aromatic rings. The van der Waals surface area contributed by atoms with Crippen LogP contribution in [-0.2, 0) is 4.79 Å². The lowest BCUT2D eigenvalue weighted by Crippen LogP contribution is -2.43. The Balaban J connectivity index is 2.05. The number of carbonyl (C=O) groups is 1. The summed E-state index contributed by atoms with van der Waals surface area (Å²) in [4.78, 5) is 15.2. The third-order valence-corrected chi connectivity index (χ3v) is 4.01. The molecule has 1 aliphatic carbocycles. The molecule has 0 radical (unpaired) electrons.